The van der Waals surface area contributed by atoms with E-state index in [1.165, 1.54) is 16.7 Å². The molecule has 1 aliphatic rings. The van der Waals surface area contributed by atoms with Crippen LogP contribution >= 0.6 is 0 Å². The van der Waals surface area contributed by atoms with Gasteiger partial charge in [-0.05, 0) is 31.4 Å². The lowest BCUT2D eigenvalue weighted by Crippen LogP contribution is -2.37. The molecule has 1 aromatic rings. The highest BCUT2D eigenvalue weighted by molar-refractivity contribution is 5.67. The Morgan fingerprint density at radius 1 is 1.40 bits per heavy atom. The number of aliphatic hydroxyl groups excluding tert-OH is 1. The van der Waals surface area contributed by atoms with Crippen molar-refractivity contribution in [1.82, 2.24) is 4.90 Å². The summed E-state index contributed by atoms with van der Waals surface area (Å²) in [4.78, 5) is 2.28. The van der Waals surface area contributed by atoms with Gasteiger partial charge in [-0.15, -0.1) is 0 Å². The molecular formula is C17H25NO2. The Balaban J connectivity index is 1.87. The average Bonchev–Trinajstić information content (AvgIpc) is 2.46. The normalized spacial score (nSPS) is 17.9. The molecule has 3 nitrogen and oxygen atoms in total. The molecule has 0 radical (unpaired) electrons. The molecule has 1 N–H and O–H groups in total. The Hall–Kier alpha value is -1.16. The number of rotatable bonds is 6. The molecule has 2 rings (SSSR count). The summed E-state index contributed by atoms with van der Waals surface area (Å²) in [6.45, 7) is 7.77. The second kappa shape index (κ2) is 7.58. The molecule has 0 fully saturated rings. The summed E-state index contributed by atoms with van der Waals surface area (Å²) in [5.41, 5.74) is 4.06. The third kappa shape index (κ3) is 4.44. The van der Waals surface area contributed by atoms with Crippen LogP contribution in [0.5, 0.6) is 0 Å². The van der Waals surface area contributed by atoms with Crippen LogP contribution in [-0.2, 0) is 4.74 Å². The molecule has 0 aliphatic carbocycles. The summed E-state index contributed by atoms with van der Waals surface area (Å²) in [5, 5.41) is 9.86. The van der Waals surface area contributed by atoms with E-state index in [4.69, 9.17) is 4.74 Å². The van der Waals surface area contributed by atoms with E-state index in [1.54, 1.807) is 0 Å². The van der Waals surface area contributed by atoms with Gasteiger partial charge in [0.15, 0.2) is 0 Å². The molecule has 0 amide bonds. The predicted octanol–water partition coefficient (Wildman–Crippen LogP) is 2.48. The van der Waals surface area contributed by atoms with E-state index in [0.717, 1.165) is 19.5 Å². The van der Waals surface area contributed by atoms with Gasteiger partial charge in [0.2, 0.25) is 0 Å². The molecule has 1 atom stereocenters. The number of aryl methyl sites for hydroxylation is 1. The second-order valence-electron chi connectivity index (χ2n) is 5.42. The van der Waals surface area contributed by atoms with Crippen LogP contribution in [0.2, 0.25) is 0 Å². The first-order valence-electron chi connectivity index (χ1n) is 7.43. The fourth-order valence-corrected chi connectivity index (χ4v) is 2.59. The Morgan fingerprint density at radius 2 is 2.25 bits per heavy atom. The van der Waals surface area contributed by atoms with Gasteiger partial charge in [-0.3, -0.25) is 4.90 Å². The fraction of sp³-hybridized carbons (Fsp3) is 0.529. The van der Waals surface area contributed by atoms with Crippen LogP contribution in [0.3, 0.4) is 0 Å². The van der Waals surface area contributed by atoms with Crippen molar-refractivity contribution in [2.24, 2.45) is 0 Å². The third-order valence-corrected chi connectivity index (χ3v) is 3.67. The van der Waals surface area contributed by atoms with E-state index < -0.39 is 0 Å². The molecule has 0 bridgehead atoms. The van der Waals surface area contributed by atoms with Crippen LogP contribution in [0, 0.1) is 6.92 Å². The van der Waals surface area contributed by atoms with Crippen molar-refractivity contribution in [2.45, 2.75) is 26.4 Å². The molecule has 20 heavy (non-hydrogen) atoms. The number of β-amino-alcohol motifs (C(OH)–C–C–N with tert-alkyl or cyclic N) is 1. The van der Waals surface area contributed by atoms with Crippen LogP contribution in [-0.4, -0.2) is 49.0 Å². The SMILES string of the molecule is CCOC[C@H](O)CN1CC=C(c2cccc(C)c2)CC1. The first-order valence-corrected chi connectivity index (χ1v) is 7.43. The van der Waals surface area contributed by atoms with Crippen LogP contribution in [0.4, 0.5) is 0 Å². The van der Waals surface area contributed by atoms with Crippen molar-refractivity contribution >= 4 is 5.57 Å². The summed E-state index contributed by atoms with van der Waals surface area (Å²) >= 11 is 0. The number of hydrogen-bond acceptors (Lipinski definition) is 3. The minimum absolute atomic E-state index is 0.385. The molecule has 0 unspecified atom stereocenters. The third-order valence-electron chi connectivity index (χ3n) is 3.67. The Labute approximate surface area is 121 Å². The van der Waals surface area contributed by atoms with Crippen LogP contribution in [0.15, 0.2) is 30.3 Å². The summed E-state index contributed by atoms with van der Waals surface area (Å²) < 4.78 is 5.25. The summed E-state index contributed by atoms with van der Waals surface area (Å²) in [7, 11) is 0. The van der Waals surface area contributed by atoms with Crippen molar-refractivity contribution in [2.75, 3.05) is 32.8 Å². The summed E-state index contributed by atoms with van der Waals surface area (Å²) in [5.74, 6) is 0. The number of nitrogens with zero attached hydrogens (tertiary/aromatic N) is 1. The molecule has 0 saturated heterocycles. The van der Waals surface area contributed by atoms with Crippen LogP contribution in [0.25, 0.3) is 5.57 Å². The zero-order valence-corrected chi connectivity index (χ0v) is 12.5. The zero-order valence-electron chi connectivity index (χ0n) is 12.5. The number of aliphatic hydroxyl groups is 1. The number of hydrogen-bond donors (Lipinski definition) is 1. The molecule has 0 saturated carbocycles. The van der Waals surface area contributed by atoms with Gasteiger partial charge >= 0.3 is 0 Å². The Kier molecular flexibility index (Phi) is 5.77. The van der Waals surface area contributed by atoms with Gasteiger partial charge in [-0.2, -0.15) is 0 Å². The minimum Gasteiger partial charge on any atom is -0.389 e. The maximum Gasteiger partial charge on any atom is 0.0900 e. The average molecular weight is 275 g/mol. The molecule has 1 heterocycles. The first-order chi connectivity index (χ1) is 9.69. The van der Waals surface area contributed by atoms with Gasteiger partial charge in [0, 0.05) is 26.2 Å². The van der Waals surface area contributed by atoms with E-state index in [-0.39, 0.29) is 6.10 Å². The fourth-order valence-electron chi connectivity index (χ4n) is 2.59. The highest BCUT2D eigenvalue weighted by Gasteiger charge is 2.16. The lowest BCUT2D eigenvalue weighted by molar-refractivity contribution is 0.0230. The summed E-state index contributed by atoms with van der Waals surface area (Å²) in [6.07, 6.45) is 2.94. The Bertz CT molecular complexity index is 456. The van der Waals surface area contributed by atoms with Gasteiger partial charge in [0.25, 0.3) is 0 Å². The van der Waals surface area contributed by atoms with Crippen molar-refractivity contribution in [3.63, 3.8) is 0 Å². The molecule has 1 aromatic carbocycles. The van der Waals surface area contributed by atoms with E-state index in [1.807, 2.05) is 6.92 Å². The largest absolute Gasteiger partial charge is 0.389 e. The van der Waals surface area contributed by atoms with Gasteiger partial charge in [-0.1, -0.05) is 35.9 Å². The van der Waals surface area contributed by atoms with E-state index in [0.29, 0.717) is 19.8 Å². The topological polar surface area (TPSA) is 32.7 Å². The summed E-state index contributed by atoms with van der Waals surface area (Å²) in [6, 6.07) is 8.66. The Morgan fingerprint density at radius 3 is 2.90 bits per heavy atom. The van der Waals surface area contributed by atoms with Gasteiger partial charge in [0.1, 0.15) is 0 Å². The molecule has 3 heteroatoms. The van der Waals surface area contributed by atoms with Gasteiger partial charge in [-0.25, -0.2) is 0 Å². The predicted molar refractivity (Wildman–Crippen MR) is 82.7 cm³/mol. The van der Waals surface area contributed by atoms with Crippen LogP contribution < -0.4 is 0 Å². The standard InChI is InChI=1S/C17H25NO2/c1-3-20-13-17(19)12-18-9-7-15(8-10-18)16-6-4-5-14(2)11-16/h4-7,11,17,19H,3,8-10,12-13H2,1-2H3/t17-/m1/s1. The molecule has 110 valence electrons. The van der Waals surface area contributed by atoms with E-state index >= 15 is 0 Å². The van der Waals surface area contributed by atoms with E-state index in [9.17, 15) is 5.11 Å². The number of ether oxygens (including phenoxy) is 1. The maximum atomic E-state index is 9.86. The molecule has 1 aliphatic heterocycles. The van der Waals surface area contributed by atoms with Crippen molar-refractivity contribution in [3.8, 4) is 0 Å². The number of benzene rings is 1. The van der Waals surface area contributed by atoms with Crippen molar-refractivity contribution < 1.29 is 9.84 Å². The molecule has 0 aromatic heterocycles. The van der Waals surface area contributed by atoms with Gasteiger partial charge < -0.3 is 9.84 Å². The second-order valence-corrected chi connectivity index (χ2v) is 5.42. The van der Waals surface area contributed by atoms with Crippen LogP contribution in [0.1, 0.15) is 24.5 Å². The lowest BCUT2D eigenvalue weighted by Gasteiger charge is -2.28. The van der Waals surface area contributed by atoms with Gasteiger partial charge in [0.05, 0.1) is 12.7 Å². The monoisotopic (exact) mass is 275 g/mol. The molecule has 0 spiro atoms. The highest BCUT2D eigenvalue weighted by Crippen LogP contribution is 2.23. The van der Waals surface area contributed by atoms with Crippen molar-refractivity contribution in [1.29, 1.82) is 0 Å². The smallest absolute Gasteiger partial charge is 0.0900 e. The molecular weight excluding hydrogens is 250 g/mol. The lowest BCUT2D eigenvalue weighted by atomic mass is 9.98. The maximum absolute atomic E-state index is 9.86. The zero-order chi connectivity index (χ0) is 14.4. The van der Waals surface area contributed by atoms with Crippen molar-refractivity contribution in [3.05, 3.63) is 41.5 Å². The first kappa shape index (κ1) is 15.2. The quantitative estimate of drug-likeness (QED) is 0.866. The highest BCUT2D eigenvalue weighted by atomic mass is 16.5. The van der Waals surface area contributed by atoms with E-state index in [2.05, 4.69) is 42.2 Å². The minimum atomic E-state index is -0.385.